The van der Waals surface area contributed by atoms with E-state index in [-0.39, 0.29) is 11.7 Å². The van der Waals surface area contributed by atoms with Gasteiger partial charge in [-0.3, -0.25) is 4.79 Å². The highest BCUT2D eigenvalue weighted by Gasteiger charge is 2.28. The van der Waals surface area contributed by atoms with Crippen molar-refractivity contribution in [2.24, 2.45) is 0 Å². The number of ketones is 1. The Morgan fingerprint density at radius 1 is 1.32 bits per heavy atom. The largest absolute Gasteiger partial charge is 0.294 e. The van der Waals surface area contributed by atoms with E-state index in [2.05, 4.69) is 22.0 Å². The molecule has 0 saturated carbocycles. The molecule has 128 valence electrons. The van der Waals surface area contributed by atoms with E-state index in [1.807, 2.05) is 24.3 Å². The van der Waals surface area contributed by atoms with Gasteiger partial charge in [-0.2, -0.15) is 4.98 Å². The first-order chi connectivity index (χ1) is 12.1. The second-order valence-corrected chi connectivity index (χ2v) is 7.67. The highest BCUT2D eigenvalue weighted by molar-refractivity contribution is 7.99. The Balaban J connectivity index is 1.69. The first kappa shape index (κ1) is 16.5. The van der Waals surface area contributed by atoms with Crippen LogP contribution in [-0.4, -0.2) is 31.1 Å². The van der Waals surface area contributed by atoms with Crippen LogP contribution in [-0.2, 0) is 6.42 Å². The summed E-state index contributed by atoms with van der Waals surface area (Å²) in [6, 6.07) is 7.71. The molecule has 0 spiro atoms. The van der Waals surface area contributed by atoms with Gasteiger partial charge in [0.05, 0.1) is 11.3 Å². The zero-order valence-corrected chi connectivity index (χ0v) is 15.3. The normalized spacial score (nSPS) is 17.0. The lowest BCUT2D eigenvalue weighted by Gasteiger charge is -2.23. The Bertz CT molecular complexity index is 955. The van der Waals surface area contributed by atoms with Gasteiger partial charge in [0.25, 0.3) is 5.78 Å². The second kappa shape index (κ2) is 6.77. The van der Waals surface area contributed by atoms with Crippen molar-refractivity contribution in [2.45, 2.75) is 37.3 Å². The quantitative estimate of drug-likeness (QED) is 0.642. The minimum atomic E-state index is 0.0962. The van der Waals surface area contributed by atoms with E-state index < -0.39 is 0 Å². The lowest BCUT2D eigenvalue weighted by atomic mass is 9.82. The van der Waals surface area contributed by atoms with Crippen LogP contribution in [0.1, 0.15) is 47.3 Å². The van der Waals surface area contributed by atoms with Crippen molar-refractivity contribution in [3.8, 4) is 0 Å². The van der Waals surface area contributed by atoms with Gasteiger partial charge < -0.3 is 0 Å². The summed E-state index contributed by atoms with van der Waals surface area (Å²) in [6.07, 6.45) is 4.01. The SMILES string of the molecule is CCCSc1nc2nc3c(cn2n1)C(=O)CC(c1cccc(Cl)c1)C3. The zero-order chi connectivity index (χ0) is 17.4. The molecular weight excluding hydrogens is 356 g/mol. The minimum absolute atomic E-state index is 0.0962. The molecule has 2 aromatic heterocycles. The van der Waals surface area contributed by atoms with Crippen molar-refractivity contribution < 1.29 is 4.79 Å². The maximum absolute atomic E-state index is 12.6. The number of aromatic nitrogens is 4. The summed E-state index contributed by atoms with van der Waals surface area (Å²) in [5, 5.41) is 5.81. The van der Waals surface area contributed by atoms with Gasteiger partial charge in [0.15, 0.2) is 5.78 Å². The number of halogens is 1. The number of hydrogen-bond donors (Lipinski definition) is 0. The van der Waals surface area contributed by atoms with E-state index >= 15 is 0 Å². The van der Waals surface area contributed by atoms with Gasteiger partial charge in [-0.25, -0.2) is 9.50 Å². The van der Waals surface area contributed by atoms with Crippen LogP contribution in [0.25, 0.3) is 5.78 Å². The molecule has 25 heavy (non-hydrogen) atoms. The van der Waals surface area contributed by atoms with E-state index in [0.29, 0.717) is 34.4 Å². The van der Waals surface area contributed by atoms with Gasteiger partial charge in [-0.05, 0) is 36.5 Å². The van der Waals surface area contributed by atoms with Gasteiger partial charge in [0, 0.05) is 23.4 Å². The third kappa shape index (κ3) is 3.28. The molecule has 2 heterocycles. The number of hydrogen-bond acceptors (Lipinski definition) is 5. The van der Waals surface area contributed by atoms with Crippen LogP contribution in [0.4, 0.5) is 0 Å². The summed E-state index contributed by atoms with van der Waals surface area (Å²) in [7, 11) is 0. The number of thioether (sulfide) groups is 1. The van der Waals surface area contributed by atoms with Crippen LogP contribution in [0, 0.1) is 0 Å². The predicted octanol–water partition coefficient (Wildman–Crippen LogP) is 4.19. The van der Waals surface area contributed by atoms with Crippen LogP contribution >= 0.6 is 23.4 Å². The summed E-state index contributed by atoms with van der Waals surface area (Å²) in [5.41, 5.74) is 2.53. The predicted molar refractivity (Wildman–Crippen MR) is 98.6 cm³/mol. The first-order valence-electron chi connectivity index (χ1n) is 8.32. The Morgan fingerprint density at radius 3 is 3.00 bits per heavy atom. The molecule has 4 rings (SSSR count). The summed E-state index contributed by atoms with van der Waals surface area (Å²) in [5.74, 6) is 1.72. The monoisotopic (exact) mass is 372 g/mol. The van der Waals surface area contributed by atoms with Crippen molar-refractivity contribution in [2.75, 3.05) is 5.75 Å². The number of benzene rings is 1. The van der Waals surface area contributed by atoms with Crippen molar-refractivity contribution in [3.63, 3.8) is 0 Å². The first-order valence-corrected chi connectivity index (χ1v) is 9.68. The standard InChI is InChI=1S/C18H17ClN4OS/c1-2-6-25-18-21-17-20-15-8-12(11-4-3-5-13(19)7-11)9-16(24)14(15)10-23(17)22-18/h3-5,7,10,12H,2,6,8-9H2,1H3. The third-order valence-electron chi connectivity index (χ3n) is 4.32. The number of Topliss-reactive ketones (excluding diaryl/α,β-unsaturated/α-hetero) is 1. The molecule has 1 aliphatic rings. The zero-order valence-electron chi connectivity index (χ0n) is 13.8. The van der Waals surface area contributed by atoms with Crippen LogP contribution in [0.5, 0.6) is 0 Å². The van der Waals surface area contributed by atoms with E-state index in [0.717, 1.165) is 23.4 Å². The highest BCUT2D eigenvalue weighted by atomic mass is 35.5. The molecule has 0 amide bonds. The van der Waals surface area contributed by atoms with E-state index in [9.17, 15) is 4.79 Å². The van der Waals surface area contributed by atoms with Crippen molar-refractivity contribution in [3.05, 3.63) is 52.3 Å². The second-order valence-electron chi connectivity index (χ2n) is 6.17. The molecule has 7 heteroatoms. The van der Waals surface area contributed by atoms with E-state index in [1.165, 1.54) is 0 Å². The molecule has 0 radical (unpaired) electrons. The fraction of sp³-hybridized carbons (Fsp3) is 0.333. The molecule has 1 aliphatic carbocycles. The molecule has 1 atom stereocenters. The van der Waals surface area contributed by atoms with E-state index in [1.54, 1.807) is 22.5 Å². The average molecular weight is 373 g/mol. The summed E-state index contributed by atoms with van der Waals surface area (Å²) in [4.78, 5) is 21.7. The molecule has 0 N–H and O–H groups in total. The maximum atomic E-state index is 12.6. The minimum Gasteiger partial charge on any atom is -0.294 e. The maximum Gasteiger partial charge on any atom is 0.253 e. The molecule has 0 saturated heterocycles. The van der Waals surface area contributed by atoms with Crippen LogP contribution < -0.4 is 0 Å². The van der Waals surface area contributed by atoms with E-state index in [4.69, 9.17) is 11.6 Å². The average Bonchev–Trinajstić information content (AvgIpc) is 3.00. The topological polar surface area (TPSA) is 60.1 Å². The highest BCUT2D eigenvalue weighted by Crippen LogP contribution is 2.33. The molecule has 0 aliphatic heterocycles. The Hall–Kier alpha value is -1.92. The third-order valence-corrected chi connectivity index (χ3v) is 5.60. The number of carbonyl (C=O) groups excluding carboxylic acids is 1. The van der Waals surface area contributed by atoms with Crippen molar-refractivity contribution in [1.82, 2.24) is 19.6 Å². The molecule has 3 aromatic rings. The number of rotatable bonds is 4. The Morgan fingerprint density at radius 2 is 2.20 bits per heavy atom. The summed E-state index contributed by atoms with van der Waals surface area (Å²) < 4.78 is 1.62. The smallest absolute Gasteiger partial charge is 0.253 e. The molecule has 1 aromatic carbocycles. The number of fused-ring (bicyclic) bond motifs is 2. The van der Waals surface area contributed by atoms with Crippen LogP contribution in [0.15, 0.2) is 35.6 Å². The van der Waals surface area contributed by atoms with Gasteiger partial charge >= 0.3 is 0 Å². The fourth-order valence-electron chi connectivity index (χ4n) is 3.12. The van der Waals surface area contributed by atoms with Crippen LogP contribution in [0.2, 0.25) is 5.02 Å². The number of carbonyl (C=O) groups is 1. The van der Waals surface area contributed by atoms with Gasteiger partial charge in [0.2, 0.25) is 5.16 Å². The van der Waals surface area contributed by atoms with Crippen molar-refractivity contribution >= 4 is 34.9 Å². The molecular formula is C18H17ClN4OS. The fourth-order valence-corrected chi connectivity index (χ4v) is 3.99. The van der Waals surface area contributed by atoms with Crippen molar-refractivity contribution in [1.29, 1.82) is 0 Å². The molecule has 0 fully saturated rings. The van der Waals surface area contributed by atoms with Gasteiger partial charge in [0.1, 0.15) is 0 Å². The Labute approximate surface area is 154 Å². The van der Waals surface area contributed by atoms with Gasteiger partial charge in [-0.15, -0.1) is 5.10 Å². The van der Waals surface area contributed by atoms with Crippen LogP contribution in [0.3, 0.4) is 0 Å². The lowest BCUT2D eigenvalue weighted by Crippen LogP contribution is -2.21. The van der Waals surface area contributed by atoms with Gasteiger partial charge in [-0.1, -0.05) is 42.4 Å². The summed E-state index contributed by atoms with van der Waals surface area (Å²) in [6.45, 7) is 2.12. The molecule has 0 bridgehead atoms. The summed E-state index contributed by atoms with van der Waals surface area (Å²) >= 11 is 7.70. The number of nitrogens with zero attached hydrogens (tertiary/aromatic N) is 4. The lowest BCUT2D eigenvalue weighted by molar-refractivity contribution is 0.0962. The Kier molecular flexibility index (Phi) is 4.48. The molecule has 1 unspecified atom stereocenters. The molecule has 5 nitrogen and oxygen atoms in total.